The number of para-hydroxylation sites is 1. The highest BCUT2D eigenvalue weighted by Crippen LogP contribution is 2.30. The Kier molecular flexibility index (Phi) is 6.67. The summed E-state index contributed by atoms with van der Waals surface area (Å²) in [5.74, 6) is 1.70. The first-order valence-electron chi connectivity index (χ1n) is 8.94. The molecule has 140 valence electrons. The highest BCUT2D eigenvalue weighted by Gasteiger charge is 2.18. The number of benzene rings is 2. The van der Waals surface area contributed by atoms with Gasteiger partial charge in [-0.1, -0.05) is 51.1 Å². The molecule has 0 radical (unpaired) electrons. The lowest BCUT2D eigenvalue weighted by Crippen LogP contribution is -2.29. The third-order valence-corrected chi connectivity index (χ3v) is 4.20. The van der Waals surface area contributed by atoms with E-state index in [4.69, 9.17) is 9.47 Å². The highest BCUT2D eigenvalue weighted by atomic mass is 16.5. The summed E-state index contributed by atoms with van der Waals surface area (Å²) in [6.07, 6.45) is 0.351. The molecule has 1 amide bonds. The van der Waals surface area contributed by atoms with Crippen molar-refractivity contribution in [2.45, 2.75) is 39.5 Å². The van der Waals surface area contributed by atoms with Crippen LogP contribution in [-0.2, 0) is 16.6 Å². The number of ether oxygens (including phenoxy) is 2. The first kappa shape index (κ1) is 19.8. The van der Waals surface area contributed by atoms with E-state index >= 15 is 0 Å². The average Bonchev–Trinajstić information content (AvgIpc) is 2.58. The summed E-state index contributed by atoms with van der Waals surface area (Å²) < 4.78 is 11.1. The van der Waals surface area contributed by atoms with Crippen LogP contribution in [0.25, 0.3) is 0 Å². The predicted molar refractivity (Wildman–Crippen MR) is 105 cm³/mol. The summed E-state index contributed by atoms with van der Waals surface area (Å²) in [4.78, 5) is 12.1. The van der Waals surface area contributed by atoms with Crippen molar-refractivity contribution in [2.24, 2.45) is 0 Å². The van der Waals surface area contributed by atoms with E-state index in [2.05, 4.69) is 32.2 Å². The van der Waals surface area contributed by atoms with Crippen molar-refractivity contribution in [3.63, 3.8) is 0 Å². The summed E-state index contributed by atoms with van der Waals surface area (Å²) >= 11 is 0. The van der Waals surface area contributed by atoms with Crippen molar-refractivity contribution in [1.29, 1.82) is 0 Å². The molecular weight excluding hydrogens is 326 g/mol. The number of hydrogen-bond donors (Lipinski definition) is 1. The molecule has 0 saturated heterocycles. The van der Waals surface area contributed by atoms with Gasteiger partial charge in [-0.05, 0) is 41.2 Å². The minimum atomic E-state index is -0.0118. The molecule has 0 bridgehead atoms. The zero-order chi connectivity index (χ0) is 19.2. The molecule has 2 rings (SSSR count). The normalized spacial score (nSPS) is 11.1. The summed E-state index contributed by atoms with van der Waals surface area (Å²) in [7, 11) is 1.65. The molecule has 0 spiro atoms. The Hall–Kier alpha value is -2.49. The minimum Gasteiger partial charge on any atom is -0.496 e. The minimum absolute atomic E-state index is 0.0118. The first-order valence-corrected chi connectivity index (χ1v) is 8.94. The van der Waals surface area contributed by atoms with E-state index in [0.29, 0.717) is 19.6 Å². The van der Waals surface area contributed by atoms with Crippen LogP contribution < -0.4 is 14.8 Å². The van der Waals surface area contributed by atoms with Gasteiger partial charge in [0.1, 0.15) is 18.1 Å². The number of carbonyl (C=O) groups is 1. The van der Waals surface area contributed by atoms with Crippen molar-refractivity contribution < 1.29 is 14.3 Å². The van der Waals surface area contributed by atoms with Crippen LogP contribution in [0.5, 0.6) is 11.5 Å². The van der Waals surface area contributed by atoms with Crippen LogP contribution in [-0.4, -0.2) is 26.2 Å². The fourth-order valence-electron chi connectivity index (χ4n) is 2.86. The van der Waals surface area contributed by atoms with Gasteiger partial charge < -0.3 is 14.8 Å². The molecule has 0 saturated carbocycles. The average molecular weight is 355 g/mol. The van der Waals surface area contributed by atoms with E-state index in [-0.39, 0.29) is 11.3 Å². The smallest absolute Gasteiger partial charge is 0.224 e. The van der Waals surface area contributed by atoms with Gasteiger partial charge in [0, 0.05) is 0 Å². The maximum absolute atomic E-state index is 12.1. The van der Waals surface area contributed by atoms with Crippen molar-refractivity contribution >= 4 is 5.91 Å². The van der Waals surface area contributed by atoms with Crippen molar-refractivity contribution in [1.82, 2.24) is 5.32 Å². The van der Waals surface area contributed by atoms with Crippen LogP contribution in [0.15, 0.2) is 42.5 Å². The Morgan fingerprint density at radius 2 is 1.81 bits per heavy atom. The van der Waals surface area contributed by atoms with Gasteiger partial charge >= 0.3 is 0 Å². The van der Waals surface area contributed by atoms with Gasteiger partial charge in [0.2, 0.25) is 5.91 Å². The third kappa shape index (κ3) is 5.51. The Labute approximate surface area is 156 Å². The quantitative estimate of drug-likeness (QED) is 0.763. The fraction of sp³-hybridized carbons (Fsp3) is 0.409. The molecule has 0 atom stereocenters. The Morgan fingerprint density at radius 1 is 1.08 bits per heavy atom. The Morgan fingerprint density at radius 3 is 2.46 bits per heavy atom. The van der Waals surface area contributed by atoms with Crippen LogP contribution in [0.3, 0.4) is 0 Å². The molecule has 0 aliphatic rings. The van der Waals surface area contributed by atoms with Gasteiger partial charge in [0.15, 0.2) is 0 Å². The van der Waals surface area contributed by atoms with Crippen LogP contribution in [0.4, 0.5) is 0 Å². The molecular formula is C22H29NO3. The maximum Gasteiger partial charge on any atom is 0.224 e. The molecule has 2 aromatic carbocycles. The summed E-state index contributed by atoms with van der Waals surface area (Å²) in [5, 5.41) is 2.91. The molecule has 4 heteroatoms. The molecule has 0 heterocycles. The molecule has 0 aliphatic heterocycles. The largest absolute Gasteiger partial charge is 0.496 e. The van der Waals surface area contributed by atoms with E-state index in [1.54, 1.807) is 7.11 Å². The van der Waals surface area contributed by atoms with E-state index in [1.807, 2.05) is 43.3 Å². The van der Waals surface area contributed by atoms with E-state index in [9.17, 15) is 4.79 Å². The number of rotatable bonds is 7. The van der Waals surface area contributed by atoms with Gasteiger partial charge in [0.05, 0.1) is 20.1 Å². The molecule has 0 unspecified atom stereocenters. The van der Waals surface area contributed by atoms with Crippen molar-refractivity contribution in [2.75, 3.05) is 20.3 Å². The van der Waals surface area contributed by atoms with Crippen LogP contribution in [0.2, 0.25) is 0 Å². The van der Waals surface area contributed by atoms with E-state index in [0.717, 1.165) is 22.6 Å². The standard InChI is InChI=1S/C22H29NO3/c1-16-14-17(10-11-19(16)25-5)15-21(24)23-12-13-26-20-9-7-6-8-18(20)22(2,3)4/h6-11,14H,12-13,15H2,1-5H3,(H,23,24). The zero-order valence-corrected chi connectivity index (χ0v) is 16.4. The van der Waals surface area contributed by atoms with E-state index in [1.165, 1.54) is 5.56 Å². The molecule has 4 nitrogen and oxygen atoms in total. The Balaban J connectivity index is 1.82. The second kappa shape index (κ2) is 8.75. The van der Waals surface area contributed by atoms with Gasteiger partial charge in [-0.3, -0.25) is 4.79 Å². The SMILES string of the molecule is COc1ccc(CC(=O)NCCOc2ccccc2C(C)(C)C)cc1C. The zero-order valence-electron chi connectivity index (χ0n) is 16.4. The molecule has 2 aromatic rings. The summed E-state index contributed by atoms with van der Waals surface area (Å²) in [5.41, 5.74) is 3.19. The number of methoxy groups -OCH3 is 1. The number of nitrogens with one attached hydrogen (secondary N) is 1. The molecule has 26 heavy (non-hydrogen) atoms. The first-order chi connectivity index (χ1) is 12.3. The van der Waals surface area contributed by atoms with Crippen LogP contribution >= 0.6 is 0 Å². The fourth-order valence-corrected chi connectivity index (χ4v) is 2.86. The maximum atomic E-state index is 12.1. The number of hydrogen-bond acceptors (Lipinski definition) is 3. The third-order valence-electron chi connectivity index (χ3n) is 4.20. The monoisotopic (exact) mass is 355 g/mol. The molecule has 0 aromatic heterocycles. The Bertz CT molecular complexity index is 747. The van der Waals surface area contributed by atoms with E-state index < -0.39 is 0 Å². The van der Waals surface area contributed by atoms with Crippen molar-refractivity contribution in [3.05, 3.63) is 59.2 Å². The molecule has 0 fully saturated rings. The van der Waals surface area contributed by atoms with Crippen LogP contribution in [0.1, 0.15) is 37.5 Å². The van der Waals surface area contributed by atoms with Crippen molar-refractivity contribution in [3.8, 4) is 11.5 Å². The summed E-state index contributed by atoms with van der Waals surface area (Å²) in [6, 6.07) is 13.8. The van der Waals surface area contributed by atoms with Crippen LogP contribution in [0, 0.1) is 6.92 Å². The number of carbonyl (C=O) groups excluding carboxylic acids is 1. The molecule has 0 aliphatic carbocycles. The van der Waals surface area contributed by atoms with Gasteiger partial charge in [-0.25, -0.2) is 0 Å². The predicted octanol–water partition coefficient (Wildman–Crippen LogP) is 4.04. The molecule has 1 N–H and O–H groups in total. The van der Waals surface area contributed by atoms with Gasteiger partial charge in [0.25, 0.3) is 0 Å². The topological polar surface area (TPSA) is 47.6 Å². The highest BCUT2D eigenvalue weighted by molar-refractivity contribution is 5.78. The van der Waals surface area contributed by atoms with Gasteiger partial charge in [-0.2, -0.15) is 0 Å². The second-order valence-electron chi connectivity index (χ2n) is 7.43. The van der Waals surface area contributed by atoms with Gasteiger partial charge in [-0.15, -0.1) is 0 Å². The summed E-state index contributed by atoms with van der Waals surface area (Å²) in [6.45, 7) is 9.38. The number of aryl methyl sites for hydroxylation is 1. The lowest BCUT2D eigenvalue weighted by atomic mass is 9.86. The number of amides is 1. The second-order valence-corrected chi connectivity index (χ2v) is 7.43. The lowest BCUT2D eigenvalue weighted by Gasteiger charge is -2.22. The lowest BCUT2D eigenvalue weighted by molar-refractivity contribution is -0.120.